The Labute approximate surface area is 329 Å². The van der Waals surface area contributed by atoms with Crippen LogP contribution in [0.4, 0.5) is 43.0 Å². The summed E-state index contributed by atoms with van der Waals surface area (Å²) in [5, 5.41) is 23.3. The number of aromatic hydroxyl groups is 1. The van der Waals surface area contributed by atoms with Gasteiger partial charge in [0.15, 0.2) is 5.82 Å². The van der Waals surface area contributed by atoms with Crippen LogP contribution in [-0.2, 0) is 12.6 Å². The summed E-state index contributed by atoms with van der Waals surface area (Å²) in [4.78, 5) is 29.9. The Bertz CT molecular complexity index is 2700. The molecule has 300 valence electrons. The molecule has 3 atom stereocenters. The van der Waals surface area contributed by atoms with Gasteiger partial charge in [0.05, 0.1) is 27.2 Å². The van der Waals surface area contributed by atoms with Gasteiger partial charge in [-0.2, -0.15) is 28.4 Å². The van der Waals surface area contributed by atoms with E-state index in [4.69, 9.17) is 16.2 Å². The van der Waals surface area contributed by atoms with Crippen LogP contribution in [0.15, 0.2) is 53.6 Å². The summed E-state index contributed by atoms with van der Waals surface area (Å²) < 4.78 is 98.8. The molecule has 0 saturated carbocycles. The van der Waals surface area contributed by atoms with Gasteiger partial charge in [-0.05, 0) is 56.0 Å². The quantitative estimate of drug-likeness (QED) is 0.0867. The number of thiophene rings is 1. The number of nitriles is 1. The Balaban J connectivity index is 1.36. The standard InChI is InChI=1S/C39H33F6N9O3S/c40-19-14-38(10-3-13-54(38)16-19)17-57-37-52-30-27(35(53-37)51-24(20-5-2-11-49-33(20)47)9-6-18-4-1-12-50-36(18)56)31(55)28(39(43,44)45)26(29(30)42)21-7-8-23(41)32-25(21)22(15-46)34(48)58-32/h1-2,4-5,7-8,11-12,19,24,55H,3,6,9-10,13-14,16-17,48H2,(H2,47,49)(H,50,56)(H,51,52,53)/t19-,24-,38+/m1/s1. The van der Waals surface area contributed by atoms with Crippen molar-refractivity contribution in [3.8, 4) is 29.0 Å². The molecule has 19 heteroatoms. The second-order valence-electron chi connectivity index (χ2n) is 14.3. The number of phenols is 1. The third-order valence-electron chi connectivity index (χ3n) is 10.9. The molecule has 0 spiro atoms. The molecule has 6 aromatic rings. The predicted molar refractivity (Wildman–Crippen MR) is 205 cm³/mol. The maximum absolute atomic E-state index is 17.4. The first-order chi connectivity index (χ1) is 27.7. The zero-order valence-corrected chi connectivity index (χ0v) is 31.1. The minimum Gasteiger partial charge on any atom is -0.506 e. The van der Waals surface area contributed by atoms with Crippen molar-refractivity contribution in [2.75, 3.05) is 36.5 Å². The fourth-order valence-electron chi connectivity index (χ4n) is 8.30. The highest BCUT2D eigenvalue weighted by molar-refractivity contribution is 7.23. The fraction of sp³-hybridized carbons (Fsp3) is 0.308. The highest BCUT2D eigenvalue weighted by Crippen LogP contribution is 2.52. The summed E-state index contributed by atoms with van der Waals surface area (Å²) in [5.74, 6) is -4.48. The average molecular weight is 822 g/mol. The number of nitrogens with two attached hydrogens (primary N) is 2. The Morgan fingerprint density at radius 3 is 2.72 bits per heavy atom. The van der Waals surface area contributed by atoms with E-state index >= 15 is 22.0 Å². The molecule has 6 heterocycles. The minimum absolute atomic E-state index is 0.0246. The summed E-state index contributed by atoms with van der Waals surface area (Å²) in [6, 6.07) is 8.34. The third kappa shape index (κ3) is 6.65. The van der Waals surface area contributed by atoms with Crippen LogP contribution in [-0.4, -0.2) is 61.3 Å². The van der Waals surface area contributed by atoms with Crippen molar-refractivity contribution in [3.63, 3.8) is 0 Å². The molecule has 2 saturated heterocycles. The zero-order chi connectivity index (χ0) is 41.1. The number of aromatic nitrogens is 4. The van der Waals surface area contributed by atoms with Gasteiger partial charge in [0.1, 0.15) is 58.1 Å². The number of rotatable bonds is 10. The van der Waals surface area contributed by atoms with Crippen LogP contribution in [0.1, 0.15) is 54.0 Å². The molecule has 0 amide bonds. The van der Waals surface area contributed by atoms with Crippen molar-refractivity contribution < 1.29 is 36.2 Å². The Morgan fingerprint density at radius 2 is 1.98 bits per heavy atom. The summed E-state index contributed by atoms with van der Waals surface area (Å²) in [6.07, 6.45) is -2.04. The molecular formula is C39H33F6N9O3S. The van der Waals surface area contributed by atoms with Gasteiger partial charge in [0, 0.05) is 47.4 Å². The zero-order valence-electron chi connectivity index (χ0n) is 30.3. The molecule has 7 N–H and O–H groups in total. The average Bonchev–Trinajstić information content (AvgIpc) is 3.83. The molecule has 58 heavy (non-hydrogen) atoms. The number of H-pyrrole nitrogens is 1. The van der Waals surface area contributed by atoms with Crippen LogP contribution >= 0.6 is 11.3 Å². The molecule has 2 aliphatic heterocycles. The first-order valence-electron chi connectivity index (χ1n) is 18.1. The number of aromatic amines is 1. The number of hydrogen-bond acceptors (Lipinski definition) is 12. The van der Waals surface area contributed by atoms with Crippen LogP contribution in [0.25, 0.3) is 32.1 Å². The molecule has 2 fully saturated rings. The van der Waals surface area contributed by atoms with Gasteiger partial charge in [0.25, 0.3) is 5.56 Å². The number of nitrogens with one attached hydrogen (secondary N) is 2. The number of pyridine rings is 2. The van der Waals surface area contributed by atoms with Gasteiger partial charge in [-0.3, -0.25) is 9.69 Å². The SMILES string of the molecule is N#Cc1c(N)sc2c(F)ccc(-c3c(C(F)(F)F)c(O)c4c(N[C@H](CCc5ccc[nH]c5=O)c5cccnc5N)nc(OC[C@@]56CCCN5C[C@H](F)C6)nc4c3F)c12. The van der Waals surface area contributed by atoms with E-state index in [0.29, 0.717) is 35.4 Å². The number of nitrogens with zero attached hydrogens (tertiary/aromatic N) is 5. The number of phenolic OH excluding ortho intramolecular Hbond substituents is 1. The maximum atomic E-state index is 17.4. The smallest absolute Gasteiger partial charge is 0.420 e. The summed E-state index contributed by atoms with van der Waals surface area (Å²) in [7, 11) is 0. The number of ether oxygens (including phenoxy) is 1. The van der Waals surface area contributed by atoms with Crippen LogP contribution in [0.3, 0.4) is 0 Å². The molecule has 0 radical (unpaired) electrons. The molecule has 2 aromatic carbocycles. The topological polar surface area (TPSA) is 192 Å². The number of hydrogen-bond donors (Lipinski definition) is 5. The second-order valence-corrected chi connectivity index (χ2v) is 15.4. The van der Waals surface area contributed by atoms with Crippen molar-refractivity contribution in [2.45, 2.75) is 56.0 Å². The Kier molecular flexibility index (Phi) is 9.80. The van der Waals surface area contributed by atoms with Crippen LogP contribution in [0.2, 0.25) is 0 Å². The lowest BCUT2D eigenvalue weighted by molar-refractivity contribution is -0.138. The second kappa shape index (κ2) is 14.7. The van der Waals surface area contributed by atoms with E-state index in [1.165, 1.54) is 12.4 Å². The third-order valence-corrected chi connectivity index (χ3v) is 11.9. The predicted octanol–water partition coefficient (Wildman–Crippen LogP) is 7.37. The number of nitrogen functional groups attached to an aromatic ring is 2. The monoisotopic (exact) mass is 821 g/mol. The van der Waals surface area contributed by atoms with Crippen LogP contribution in [0, 0.1) is 23.0 Å². The van der Waals surface area contributed by atoms with E-state index in [0.717, 1.165) is 18.6 Å². The fourth-order valence-corrected chi connectivity index (χ4v) is 9.25. The minimum atomic E-state index is -5.45. The first kappa shape index (κ1) is 38.7. The van der Waals surface area contributed by atoms with E-state index in [1.807, 2.05) is 4.90 Å². The van der Waals surface area contributed by atoms with Gasteiger partial charge in [-0.25, -0.2) is 18.2 Å². The lowest BCUT2D eigenvalue weighted by atomic mass is 9.91. The van der Waals surface area contributed by atoms with Crippen molar-refractivity contribution >= 4 is 49.0 Å². The van der Waals surface area contributed by atoms with Crippen molar-refractivity contribution in [1.82, 2.24) is 24.8 Å². The van der Waals surface area contributed by atoms with E-state index in [1.54, 1.807) is 30.3 Å². The summed E-state index contributed by atoms with van der Waals surface area (Å²) >= 11 is 0.597. The lowest BCUT2D eigenvalue weighted by Gasteiger charge is -2.31. The van der Waals surface area contributed by atoms with Gasteiger partial charge in [0.2, 0.25) is 0 Å². The number of halogens is 6. The molecular weight excluding hydrogens is 789 g/mol. The summed E-state index contributed by atoms with van der Waals surface area (Å²) in [6.45, 7) is 0.653. The number of benzene rings is 2. The highest BCUT2D eigenvalue weighted by Gasteiger charge is 2.49. The number of fused-ring (bicyclic) bond motifs is 3. The maximum Gasteiger partial charge on any atom is 0.420 e. The first-order valence-corrected chi connectivity index (χ1v) is 18.9. The summed E-state index contributed by atoms with van der Waals surface area (Å²) in [5.41, 5.74) is 6.97. The van der Waals surface area contributed by atoms with E-state index in [-0.39, 0.29) is 64.4 Å². The largest absolute Gasteiger partial charge is 0.506 e. The lowest BCUT2D eigenvalue weighted by Crippen LogP contribution is -2.43. The molecule has 8 rings (SSSR count). The van der Waals surface area contributed by atoms with E-state index in [2.05, 4.69) is 25.3 Å². The molecule has 0 unspecified atom stereocenters. The van der Waals surface area contributed by atoms with Crippen LogP contribution in [0.5, 0.6) is 11.8 Å². The number of aryl methyl sites for hydroxylation is 1. The van der Waals surface area contributed by atoms with Crippen molar-refractivity contribution in [2.24, 2.45) is 0 Å². The highest BCUT2D eigenvalue weighted by atomic mass is 32.1. The van der Waals surface area contributed by atoms with Gasteiger partial charge in [-0.15, -0.1) is 11.3 Å². The van der Waals surface area contributed by atoms with Crippen molar-refractivity contribution in [3.05, 3.63) is 93.0 Å². The number of alkyl halides is 4. The number of anilines is 3. The molecule has 12 nitrogen and oxygen atoms in total. The normalized spacial score (nSPS) is 18.7. The Hall–Kier alpha value is -6.13. The Morgan fingerprint density at radius 1 is 1.17 bits per heavy atom. The molecule has 4 aromatic heterocycles. The van der Waals surface area contributed by atoms with Crippen LogP contribution < -0.4 is 27.1 Å². The molecule has 0 bridgehead atoms. The molecule has 2 aliphatic rings. The van der Waals surface area contributed by atoms with Gasteiger partial charge < -0.3 is 31.6 Å². The van der Waals surface area contributed by atoms with Gasteiger partial charge in [-0.1, -0.05) is 18.2 Å². The molecule has 0 aliphatic carbocycles. The van der Waals surface area contributed by atoms with E-state index < -0.39 is 80.7 Å². The van der Waals surface area contributed by atoms with E-state index in [9.17, 15) is 19.6 Å². The van der Waals surface area contributed by atoms with Gasteiger partial charge >= 0.3 is 12.2 Å². The van der Waals surface area contributed by atoms with Crippen molar-refractivity contribution in [1.29, 1.82) is 5.26 Å².